The van der Waals surface area contributed by atoms with Crippen LogP contribution < -0.4 is 5.32 Å². The van der Waals surface area contributed by atoms with Gasteiger partial charge in [-0.05, 0) is 41.6 Å². The first-order chi connectivity index (χ1) is 9.00. The van der Waals surface area contributed by atoms with Crippen molar-refractivity contribution in [3.63, 3.8) is 0 Å². The standard InChI is InChI=1S/C15H21F4N/c1-10(14(2,3)4)8-20-9-11-5-12(15(17,18)19)7-13(16)6-11/h5-7,10,20H,8-9H2,1-4H3. The average molecular weight is 291 g/mol. The van der Waals surface area contributed by atoms with Crippen LogP contribution in [-0.4, -0.2) is 6.54 Å². The van der Waals surface area contributed by atoms with E-state index >= 15 is 0 Å². The summed E-state index contributed by atoms with van der Waals surface area (Å²) < 4.78 is 50.9. The number of nitrogens with one attached hydrogen (secondary N) is 1. The molecule has 1 aromatic carbocycles. The van der Waals surface area contributed by atoms with Crippen LogP contribution in [0.25, 0.3) is 0 Å². The maximum Gasteiger partial charge on any atom is 0.416 e. The number of hydrogen-bond acceptors (Lipinski definition) is 1. The third-order valence-corrected chi connectivity index (χ3v) is 3.54. The monoisotopic (exact) mass is 291 g/mol. The zero-order chi connectivity index (χ0) is 15.6. The minimum atomic E-state index is -4.52. The summed E-state index contributed by atoms with van der Waals surface area (Å²) >= 11 is 0. The molecule has 0 aliphatic rings. The first-order valence-corrected chi connectivity index (χ1v) is 6.57. The van der Waals surface area contributed by atoms with Crippen LogP contribution in [0.15, 0.2) is 18.2 Å². The van der Waals surface area contributed by atoms with E-state index in [2.05, 4.69) is 33.0 Å². The van der Waals surface area contributed by atoms with Gasteiger partial charge in [-0.1, -0.05) is 27.7 Å². The summed E-state index contributed by atoms with van der Waals surface area (Å²) in [6.07, 6.45) is -4.52. The number of benzene rings is 1. The van der Waals surface area contributed by atoms with Gasteiger partial charge in [-0.15, -0.1) is 0 Å². The Balaban J connectivity index is 2.68. The molecule has 5 heteroatoms. The van der Waals surface area contributed by atoms with Crippen LogP contribution in [0, 0.1) is 17.2 Å². The largest absolute Gasteiger partial charge is 0.416 e. The first kappa shape index (κ1) is 17.0. The first-order valence-electron chi connectivity index (χ1n) is 6.57. The second-order valence-electron chi connectivity index (χ2n) is 6.24. The van der Waals surface area contributed by atoms with Gasteiger partial charge in [-0.2, -0.15) is 13.2 Å². The third-order valence-electron chi connectivity index (χ3n) is 3.54. The topological polar surface area (TPSA) is 12.0 Å². The number of halogens is 4. The van der Waals surface area contributed by atoms with E-state index in [1.807, 2.05) is 0 Å². The highest BCUT2D eigenvalue weighted by Gasteiger charge is 2.31. The summed E-state index contributed by atoms with van der Waals surface area (Å²) in [5.74, 6) is -0.501. The Kier molecular flexibility index (Phi) is 5.19. The molecule has 0 saturated heterocycles. The van der Waals surface area contributed by atoms with E-state index in [1.54, 1.807) is 0 Å². The second-order valence-corrected chi connectivity index (χ2v) is 6.24. The average Bonchev–Trinajstić information content (AvgIpc) is 2.25. The van der Waals surface area contributed by atoms with Crippen LogP contribution in [-0.2, 0) is 12.7 Å². The van der Waals surface area contributed by atoms with E-state index in [-0.39, 0.29) is 12.0 Å². The lowest BCUT2D eigenvalue weighted by molar-refractivity contribution is -0.137. The van der Waals surface area contributed by atoms with Crippen LogP contribution in [0.3, 0.4) is 0 Å². The van der Waals surface area contributed by atoms with Gasteiger partial charge in [0.2, 0.25) is 0 Å². The quantitative estimate of drug-likeness (QED) is 0.798. The van der Waals surface area contributed by atoms with Gasteiger partial charge in [0.25, 0.3) is 0 Å². The molecular formula is C15H21F4N. The minimum absolute atomic E-state index is 0.117. The molecule has 0 amide bonds. The summed E-state index contributed by atoms with van der Waals surface area (Å²) in [5.41, 5.74) is -0.525. The normalized spacial score (nSPS) is 14.4. The van der Waals surface area contributed by atoms with Gasteiger partial charge >= 0.3 is 6.18 Å². The summed E-state index contributed by atoms with van der Waals surface area (Å²) in [5, 5.41) is 3.08. The number of alkyl halides is 3. The third kappa shape index (κ3) is 5.12. The Morgan fingerprint density at radius 1 is 1.10 bits per heavy atom. The lowest BCUT2D eigenvalue weighted by atomic mass is 9.82. The van der Waals surface area contributed by atoms with Gasteiger partial charge in [0.1, 0.15) is 5.82 Å². The highest BCUT2D eigenvalue weighted by atomic mass is 19.4. The summed E-state index contributed by atoms with van der Waals surface area (Å²) in [6, 6.07) is 2.63. The summed E-state index contributed by atoms with van der Waals surface area (Å²) in [7, 11) is 0. The smallest absolute Gasteiger partial charge is 0.312 e. The molecule has 0 saturated carbocycles. The Morgan fingerprint density at radius 2 is 1.70 bits per heavy atom. The number of hydrogen-bond donors (Lipinski definition) is 1. The van der Waals surface area contributed by atoms with Crippen molar-refractivity contribution in [2.45, 2.75) is 40.4 Å². The van der Waals surface area contributed by atoms with Gasteiger partial charge in [-0.25, -0.2) is 4.39 Å². The van der Waals surface area contributed by atoms with Crippen LogP contribution in [0.5, 0.6) is 0 Å². The Bertz CT molecular complexity index is 446. The maximum absolute atomic E-state index is 13.2. The van der Waals surface area contributed by atoms with E-state index in [4.69, 9.17) is 0 Å². The molecule has 0 aliphatic heterocycles. The molecular weight excluding hydrogens is 270 g/mol. The van der Waals surface area contributed by atoms with Crippen LogP contribution in [0.2, 0.25) is 0 Å². The van der Waals surface area contributed by atoms with Crippen molar-refractivity contribution in [1.82, 2.24) is 5.32 Å². The van der Waals surface area contributed by atoms with Crippen molar-refractivity contribution < 1.29 is 17.6 Å². The zero-order valence-corrected chi connectivity index (χ0v) is 12.2. The molecule has 1 rings (SSSR count). The van der Waals surface area contributed by atoms with Gasteiger partial charge in [0.05, 0.1) is 5.56 Å². The Morgan fingerprint density at radius 3 is 2.20 bits per heavy atom. The SMILES string of the molecule is CC(CNCc1cc(F)cc(C(F)(F)F)c1)C(C)(C)C. The van der Waals surface area contributed by atoms with Gasteiger partial charge in [0, 0.05) is 6.54 Å². The molecule has 0 aliphatic carbocycles. The molecule has 1 atom stereocenters. The van der Waals surface area contributed by atoms with Crippen molar-refractivity contribution in [3.8, 4) is 0 Å². The van der Waals surface area contributed by atoms with E-state index in [1.165, 1.54) is 0 Å². The fourth-order valence-electron chi connectivity index (χ4n) is 1.66. The number of rotatable bonds is 4. The predicted molar refractivity (Wildman–Crippen MR) is 71.7 cm³/mol. The molecule has 114 valence electrons. The van der Waals surface area contributed by atoms with Crippen molar-refractivity contribution in [2.24, 2.45) is 11.3 Å². The molecule has 1 N–H and O–H groups in total. The summed E-state index contributed by atoms with van der Waals surface area (Å²) in [6.45, 7) is 9.26. The molecule has 1 nitrogen and oxygen atoms in total. The van der Waals surface area contributed by atoms with Crippen molar-refractivity contribution in [2.75, 3.05) is 6.54 Å². The Labute approximate surface area is 117 Å². The predicted octanol–water partition coefficient (Wildman–Crippen LogP) is 4.62. The van der Waals surface area contributed by atoms with Crippen molar-refractivity contribution >= 4 is 0 Å². The molecule has 0 aromatic heterocycles. The van der Waals surface area contributed by atoms with E-state index in [0.717, 1.165) is 12.1 Å². The lowest BCUT2D eigenvalue weighted by Crippen LogP contribution is -2.29. The lowest BCUT2D eigenvalue weighted by Gasteiger charge is -2.27. The molecule has 0 spiro atoms. The van der Waals surface area contributed by atoms with Crippen molar-refractivity contribution in [3.05, 3.63) is 35.1 Å². The summed E-state index contributed by atoms with van der Waals surface area (Å²) in [4.78, 5) is 0. The molecule has 0 radical (unpaired) electrons. The van der Waals surface area contributed by atoms with Crippen LogP contribution in [0.1, 0.15) is 38.8 Å². The van der Waals surface area contributed by atoms with Crippen LogP contribution >= 0.6 is 0 Å². The van der Waals surface area contributed by atoms with E-state index in [0.29, 0.717) is 24.1 Å². The molecule has 0 fully saturated rings. The highest BCUT2D eigenvalue weighted by molar-refractivity contribution is 5.26. The van der Waals surface area contributed by atoms with Crippen molar-refractivity contribution in [1.29, 1.82) is 0 Å². The second kappa shape index (κ2) is 6.12. The van der Waals surface area contributed by atoms with Gasteiger partial charge < -0.3 is 5.32 Å². The van der Waals surface area contributed by atoms with Crippen LogP contribution in [0.4, 0.5) is 17.6 Å². The zero-order valence-electron chi connectivity index (χ0n) is 12.2. The molecule has 20 heavy (non-hydrogen) atoms. The van der Waals surface area contributed by atoms with E-state index in [9.17, 15) is 17.6 Å². The van der Waals surface area contributed by atoms with E-state index < -0.39 is 17.6 Å². The fraction of sp³-hybridized carbons (Fsp3) is 0.600. The van der Waals surface area contributed by atoms with Gasteiger partial charge in [0.15, 0.2) is 0 Å². The fourth-order valence-corrected chi connectivity index (χ4v) is 1.66. The molecule has 0 heterocycles. The maximum atomic E-state index is 13.2. The molecule has 0 bridgehead atoms. The van der Waals surface area contributed by atoms with Gasteiger partial charge in [-0.3, -0.25) is 0 Å². The minimum Gasteiger partial charge on any atom is -0.312 e. The Hall–Kier alpha value is -1.10. The molecule has 1 aromatic rings. The molecule has 1 unspecified atom stereocenters. The highest BCUT2D eigenvalue weighted by Crippen LogP contribution is 2.30.